The van der Waals surface area contributed by atoms with Gasteiger partial charge in [0.1, 0.15) is 0 Å². The van der Waals surface area contributed by atoms with Crippen LogP contribution in [0.3, 0.4) is 0 Å². The molecule has 1 unspecified atom stereocenters. The molecule has 1 N–H and O–H groups in total. The van der Waals surface area contributed by atoms with Crippen molar-refractivity contribution < 1.29 is 14.7 Å². The van der Waals surface area contributed by atoms with Crippen molar-refractivity contribution in [1.29, 1.82) is 0 Å². The number of aliphatic hydroxyl groups excluding tert-OH is 1. The summed E-state index contributed by atoms with van der Waals surface area (Å²) in [6.45, 7) is 5.60. The molecular weight excluding hydrogens is 316 g/mol. The summed E-state index contributed by atoms with van der Waals surface area (Å²) >= 11 is 0. The molecule has 2 aromatic rings. The molecule has 1 aromatic carbocycles. The highest BCUT2D eigenvalue weighted by Crippen LogP contribution is 2.42. The van der Waals surface area contributed by atoms with Gasteiger partial charge in [0.2, 0.25) is 0 Å². The van der Waals surface area contributed by atoms with E-state index in [0.29, 0.717) is 11.3 Å². The second-order valence-corrected chi connectivity index (χ2v) is 6.12. The van der Waals surface area contributed by atoms with Crippen molar-refractivity contribution in [1.82, 2.24) is 4.98 Å². The predicted octanol–water partition coefficient (Wildman–Crippen LogP) is 3.58. The van der Waals surface area contributed by atoms with E-state index in [2.05, 4.69) is 4.98 Å². The van der Waals surface area contributed by atoms with Crippen LogP contribution in [-0.4, -0.2) is 21.8 Å². The number of hydrogen-bond donors (Lipinski definition) is 1. The van der Waals surface area contributed by atoms with Crippen molar-refractivity contribution in [2.24, 2.45) is 0 Å². The van der Waals surface area contributed by atoms with Crippen molar-refractivity contribution in [2.45, 2.75) is 33.2 Å². The maximum atomic E-state index is 12.8. The lowest BCUT2D eigenvalue weighted by molar-refractivity contribution is -0.118. The van der Waals surface area contributed by atoms with Crippen LogP contribution in [0.5, 0.6) is 0 Å². The van der Waals surface area contributed by atoms with Gasteiger partial charge < -0.3 is 5.11 Å². The Kier molecular flexibility index (Phi) is 4.40. The van der Waals surface area contributed by atoms with Crippen LogP contribution in [-0.2, 0) is 9.59 Å². The smallest absolute Gasteiger partial charge is 0.294 e. The van der Waals surface area contributed by atoms with E-state index in [9.17, 15) is 14.7 Å². The third-order valence-corrected chi connectivity index (χ3v) is 4.67. The molecule has 0 fully saturated rings. The minimum atomic E-state index is -0.672. The lowest BCUT2D eigenvalue weighted by atomic mass is 9.95. The molecule has 0 saturated heterocycles. The number of amides is 1. The predicted molar refractivity (Wildman–Crippen MR) is 95.3 cm³/mol. The zero-order chi connectivity index (χ0) is 18.1. The van der Waals surface area contributed by atoms with Crippen molar-refractivity contribution in [3.8, 4) is 0 Å². The first-order chi connectivity index (χ1) is 12.0. The van der Waals surface area contributed by atoms with Crippen molar-refractivity contribution >= 4 is 17.4 Å². The molecule has 1 amide bonds. The normalized spacial score (nSPS) is 17.3. The number of carbonyl (C=O) groups excluding carboxylic acids is 2. The fourth-order valence-electron chi connectivity index (χ4n) is 3.18. The standard InChI is InChI=1S/C20H20N2O3/c1-4-16(23)17-18(14-8-6-10-21-11-14)22(20(25)19(17)24)15-9-5-7-12(2)13(15)3/h5-11,18,24H,4H2,1-3H3. The Morgan fingerprint density at radius 2 is 2.00 bits per heavy atom. The molecule has 0 radical (unpaired) electrons. The van der Waals surface area contributed by atoms with Crippen LogP contribution in [0.2, 0.25) is 0 Å². The monoisotopic (exact) mass is 336 g/mol. The molecule has 1 atom stereocenters. The number of aromatic nitrogens is 1. The number of carbonyl (C=O) groups is 2. The molecule has 0 saturated carbocycles. The van der Waals surface area contributed by atoms with Gasteiger partial charge in [-0.3, -0.25) is 19.5 Å². The van der Waals surface area contributed by atoms with Gasteiger partial charge in [0.05, 0.1) is 11.6 Å². The molecule has 0 spiro atoms. The Bertz CT molecular complexity index is 872. The van der Waals surface area contributed by atoms with E-state index >= 15 is 0 Å². The van der Waals surface area contributed by atoms with Crippen LogP contribution in [0, 0.1) is 13.8 Å². The first-order valence-electron chi connectivity index (χ1n) is 8.23. The molecule has 0 bridgehead atoms. The van der Waals surface area contributed by atoms with E-state index in [-0.39, 0.29) is 17.8 Å². The average molecular weight is 336 g/mol. The average Bonchev–Trinajstić information content (AvgIpc) is 2.89. The zero-order valence-corrected chi connectivity index (χ0v) is 14.5. The number of hydrogen-bond acceptors (Lipinski definition) is 4. The summed E-state index contributed by atoms with van der Waals surface area (Å²) in [4.78, 5) is 30.9. The van der Waals surface area contributed by atoms with Crippen LogP contribution >= 0.6 is 0 Å². The number of pyridine rings is 1. The Morgan fingerprint density at radius 3 is 2.64 bits per heavy atom. The molecule has 0 aliphatic carbocycles. The summed E-state index contributed by atoms with van der Waals surface area (Å²) in [6.07, 6.45) is 3.47. The highest BCUT2D eigenvalue weighted by Gasteiger charge is 2.44. The van der Waals surface area contributed by atoms with Gasteiger partial charge >= 0.3 is 0 Å². The summed E-state index contributed by atoms with van der Waals surface area (Å²) in [6, 6.07) is 8.55. The van der Waals surface area contributed by atoms with Gasteiger partial charge in [-0.2, -0.15) is 0 Å². The molecule has 128 valence electrons. The molecule has 1 aromatic heterocycles. The molecule has 1 aliphatic rings. The fourth-order valence-corrected chi connectivity index (χ4v) is 3.18. The van der Waals surface area contributed by atoms with Crippen molar-refractivity contribution in [3.05, 3.63) is 70.7 Å². The van der Waals surface area contributed by atoms with Crippen LogP contribution in [0.25, 0.3) is 0 Å². The third-order valence-electron chi connectivity index (χ3n) is 4.67. The first-order valence-corrected chi connectivity index (χ1v) is 8.23. The number of Topliss-reactive ketones (excluding diaryl/α,β-unsaturated/α-hetero) is 1. The molecule has 3 rings (SSSR count). The van der Waals surface area contributed by atoms with Gasteiger partial charge in [0, 0.05) is 24.5 Å². The largest absolute Gasteiger partial charge is 0.503 e. The maximum absolute atomic E-state index is 12.8. The number of anilines is 1. The van der Waals surface area contributed by atoms with Crippen molar-refractivity contribution in [2.75, 3.05) is 4.90 Å². The number of benzene rings is 1. The number of nitrogens with zero attached hydrogens (tertiary/aromatic N) is 2. The van der Waals surface area contributed by atoms with Crippen LogP contribution < -0.4 is 4.90 Å². The summed E-state index contributed by atoms with van der Waals surface area (Å²) in [5, 5.41) is 10.4. The van der Waals surface area contributed by atoms with Crippen LogP contribution in [0.1, 0.15) is 36.1 Å². The lowest BCUT2D eigenvalue weighted by Crippen LogP contribution is -2.31. The van der Waals surface area contributed by atoms with E-state index in [0.717, 1.165) is 11.1 Å². The fraction of sp³-hybridized carbons (Fsp3) is 0.250. The van der Waals surface area contributed by atoms with Gasteiger partial charge in [-0.1, -0.05) is 25.1 Å². The Hall–Kier alpha value is -2.95. The molecular formula is C20H20N2O3. The van der Waals surface area contributed by atoms with Crippen LogP contribution in [0.15, 0.2) is 54.1 Å². The van der Waals surface area contributed by atoms with Gasteiger partial charge in [-0.25, -0.2) is 0 Å². The van der Waals surface area contributed by atoms with Gasteiger partial charge in [-0.05, 0) is 42.7 Å². The summed E-state index contributed by atoms with van der Waals surface area (Å²) < 4.78 is 0. The van der Waals surface area contributed by atoms with Crippen LogP contribution in [0.4, 0.5) is 5.69 Å². The van der Waals surface area contributed by atoms with E-state index in [4.69, 9.17) is 0 Å². The minimum Gasteiger partial charge on any atom is -0.503 e. The van der Waals surface area contributed by atoms with E-state index in [1.54, 1.807) is 25.4 Å². The molecule has 1 aliphatic heterocycles. The quantitative estimate of drug-likeness (QED) is 0.926. The molecule has 5 nitrogen and oxygen atoms in total. The zero-order valence-electron chi connectivity index (χ0n) is 14.5. The number of aryl methyl sites for hydroxylation is 1. The summed E-state index contributed by atoms with van der Waals surface area (Å²) in [7, 11) is 0. The Labute approximate surface area is 146 Å². The van der Waals surface area contributed by atoms with Gasteiger partial charge in [0.15, 0.2) is 11.5 Å². The molecule has 5 heteroatoms. The topological polar surface area (TPSA) is 70.5 Å². The summed E-state index contributed by atoms with van der Waals surface area (Å²) in [5.41, 5.74) is 3.48. The SMILES string of the molecule is CCC(=O)C1=C(O)C(=O)N(c2cccc(C)c2C)C1c1cccnc1. The third kappa shape index (κ3) is 2.71. The molecule has 25 heavy (non-hydrogen) atoms. The lowest BCUT2D eigenvalue weighted by Gasteiger charge is -2.28. The number of ketones is 1. The Morgan fingerprint density at radius 1 is 1.24 bits per heavy atom. The summed E-state index contributed by atoms with van der Waals surface area (Å²) in [5.74, 6) is -1.27. The van der Waals surface area contributed by atoms with Crippen molar-refractivity contribution in [3.63, 3.8) is 0 Å². The van der Waals surface area contributed by atoms with E-state index in [1.165, 1.54) is 4.90 Å². The second kappa shape index (κ2) is 6.51. The molecule has 2 heterocycles. The number of rotatable bonds is 4. The Balaban J connectivity index is 2.23. The highest BCUT2D eigenvalue weighted by atomic mass is 16.3. The highest BCUT2D eigenvalue weighted by molar-refractivity contribution is 6.16. The number of aliphatic hydroxyl groups is 1. The van der Waals surface area contributed by atoms with E-state index < -0.39 is 17.7 Å². The first kappa shape index (κ1) is 16.9. The van der Waals surface area contributed by atoms with Gasteiger partial charge in [0.25, 0.3) is 5.91 Å². The maximum Gasteiger partial charge on any atom is 0.294 e. The van der Waals surface area contributed by atoms with Gasteiger partial charge in [-0.15, -0.1) is 0 Å². The minimum absolute atomic E-state index is 0.140. The van der Waals surface area contributed by atoms with E-state index in [1.807, 2.05) is 38.1 Å². The second-order valence-electron chi connectivity index (χ2n) is 6.12.